The molecule has 4 bridgehead atoms. The second kappa shape index (κ2) is 10.0. The van der Waals surface area contributed by atoms with Crippen molar-refractivity contribution in [3.05, 3.63) is 46.5 Å². The quantitative estimate of drug-likeness (QED) is 0.323. The molecule has 10 nitrogen and oxygen atoms in total. The number of carbonyl (C=O) groups is 2. The van der Waals surface area contributed by atoms with Crippen LogP contribution in [-0.2, 0) is 20.7 Å². The molecule has 3 aliphatic heterocycles. The molecule has 1 aromatic rings. The molecule has 7 atom stereocenters. The standard InChI is InChI=1S/C25H31ClN2O8/c1-12-5-4-6-19(31)25(34)11-18(35-24(33)27-25)13(2)22-23(36-22)17(30)10-20(32)28(3)15-8-14(7-12)9-16(29)21(15)26/h4-6,8-9,13,17-19,22-23,29-31,34H,7,10-11H2,1-3H3,(H,27,33)/b6-4+,12-5+/t13-,17+,18+,19-,22+,23+,25+/m1/s1. The average molecular weight is 523 g/mol. The minimum atomic E-state index is -1.96. The summed E-state index contributed by atoms with van der Waals surface area (Å²) in [6, 6.07) is 3.19. The van der Waals surface area contributed by atoms with E-state index in [0.29, 0.717) is 17.7 Å². The van der Waals surface area contributed by atoms with E-state index >= 15 is 0 Å². The molecule has 2 fully saturated rings. The Labute approximate surface area is 213 Å². The van der Waals surface area contributed by atoms with E-state index in [9.17, 15) is 30.0 Å². The molecule has 3 heterocycles. The van der Waals surface area contributed by atoms with Gasteiger partial charge < -0.3 is 34.8 Å². The third kappa shape index (κ3) is 5.37. The van der Waals surface area contributed by atoms with Crippen LogP contribution in [0.3, 0.4) is 0 Å². The summed E-state index contributed by atoms with van der Waals surface area (Å²) >= 11 is 6.28. The number of carbonyl (C=O) groups excluding carboxylic acids is 2. The first-order valence-corrected chi connectivity index (χ1v) is 12.1. The maximum Gasteiger partial charge on any atom is 0.409 e. The SMILES string of the molecule is C/C1=C\C=C\[C@@H](O)[C@@]2(O)C[C@H](OC(=O)N2)[C@@H](C)[C@@H]2O[C@H]2[C@@H](O)CC(=O)N(C)c2cc(cc(O)c2Cl)C1. The van der Waals surface area contributed by atoms with Crippen LogP contribution in [0.15, 0.2) is 35.9 Å². The minimum Gasteiger partial charge on any atom is -0.506 e. The number of phenols is 1. The van der Waals surface area contributed by atoms with Crippen LogP contribution in [0, 0.1) is 5.92 Å². The molecule has 0 aromatic heterocycles. The number of fused-ring (bicyclic) bond motifs is 5. The van der Waals surface area contributed by atoms with Crippen molar-refractivity contribution in [2.24, 2.45) is 5.92 Å². The maximum atomic E-state index is 12.9. The van der Waals surface area contributed by atoms with Crippen molar-refractivity contribution < 1.29 is 39.5 Å². The number of alkyl carbamates (subject to hydrolysis) is 1. The highest BCUT2D eigenvalue weighted by Crippen LogP contribution is 2.40. The zero-order valence-corrected chi connectivity index (χ0v) is 21.0. The number of ether oxygens (including phenoxy) is 2. The molecular formula is C25H31ClN2O8. The van der Waals surface area contributed by atoms with Crippen LogP contribution in [0.25, 0.3) is 0 Å². The molecule has 5 N–H and O–H groups in total. The third-order valence-corrected chi connectivity index (χ3v) is 7.38. The third-order valence-electron chi connectivity index (χ3n) is 6.99. The van der Waals surface area contributed by atoms with Crippen molar-refractivity contribution in [3.8, 4) is 5.75 Å². The fourth-order valence-electron chi connectivity index (χ4n) is 4.74. The molecule has 0 unspecified atom stereocenters. The fourth-order valence-corrected chi connectivity index (χ4v) is 4.98. The Morgan fingerprint density at radius 1 is 1.22 bits per heavy atom. The van der Waals surface area contributed by atoms with E-state index in [1.807, 2.05) is 6.92 Å². The predicted molar refractivity (Wildman–Crippen MR) is 131 cm³/mol. The molecule has 0 aliphatic carbocycles. The maximum absolute atomic E-state index is 12.9. The van der Waals surface area contributed by atoms with Gasteiger partial charge >= 0.3 is 6.09 Å². The van der Waals surface area contributed by atoms with Crippen molar-refractivity contribution in [1.82, 2.24) is 5.32 Å². The van der Waals surface area contributed by atoms with Crippen LogP contribution in [0.2, 0.25) is 5.02 Å². The number of hydrogen-bond donors (Lipinski definition) is 5. The lowest BCUT2D eigenvalue weighted by molar-refractivity contribution is -0.133. The summed E-state index contributed by atoms with van der Waals surface area (Å²) in [6.45, 7) is 3.59. The summed E-state index contributed by atoms with van der Waals surface area (Å²) < 4.78 is 11.0. The Morgan fingerprint density at radius 3 is 2.67 bits per heavy atom. The number of benzene rings is 1. The Balaban J connectivity index is 1.68. The topological polar surface area (TPSA) is 152 Å². The molecule has 4 rings (SSSR count). The van der Waals surface area contributed by atoms with Gasteiger partial charge in [0.1, 0.15) is 29.1 Å². The van der Waals surface area contributed by atoms with Crippen molar-refractivity contribution in [1.29, 1.82) is 0 Å². The monoisotopic (exact) mass is 522 g/mol. The lowest BCUT2D eigenvalue weighted by Crippen LogP contribution is -2.63. The number of rotatable bonds is 0. The molecule has 2 amide bonds. The summed E-state index contributed by atoms with van der Waals surface area (Å²) in [4.78, 5) is 26.4. The molecule has 196 valence electrons. The number of allylic oxidation sites excluding steroid dienone is 3. The van der Waals surface area contributed by atoms with E-state index in [4.69, 9.17) is 21.1 Å². The van der Waals surface area contributed by atoms with Crippen LogP contribution >= 0.6 is 11.6 Å². The smallest absolute Gasteiger partial charge is 0.409 e. The van der Waals surface area contributed by atoms with Gasteiger partial charge in [0.05, 0.1) is 24.3 Å². The van der Waals surface area contributed by atoms with Crippen LogP contribution in [-0.4, -0.2) is 75.7 Å². The van der Waals surface area contributed by atoms with Crippen molar-refractivity contribution >= 4 is 29.3 Å². The van der Waals surface area contributed by atoms with Crippen LogP contribution in [0.1, 0.15) is 32.3 Å². The van der Waals surface area contributed by atoms with Gasteiger partial charge in [-0.1, -0.05) is 42.3 Å². The molecule has 11 heteroatoms. The highest BCUT2D eigenvalue weighted by molar-refractivity contribution is 6.35. The van der Waals surface area contributed by atoms with Crippen molar-refractivity contribution in [2.75, 3.05) is 11.9 Å². The molecule has 1 aromatic carbocycles. The zero-order valence-electron chi connectivity index (χ0n) is 20.2. The summed E-state index contributed by atoms with van der Waals surface area (Å²) in [5.74, 6) is -1.04. The first-order valence-electron chi connectivity index (χ1n) is 11.7. The predicted octanol–water partition coefficient (Wildman–Crippen LogP) is 1.77. The van der Waals surface area contributed by atoms with E-state index in [1.165, 1.54) is 24.1 Å². The molecular weight excluding hydrogens is 492 g/mol. The van der Waals surface area contributed by atoms with E-state index < -0.39 is 54.2 Å². The molecule has 0 saturated carbocycles. The van der Waals surface area contributed by atoms with Gasteiger partial charge in [0.2, 0.25) is 5.91 Å². The Kier molecular flexibility index (Phi) is 7.36. The van der Waals surface area contributed by atoms with E-state index in [1.54, 1.807) is 25.1 Å². The van der Waals surface area contributed by atoms with E-state index in [2.05, 4.69) is 5.32 Å². The van der Waals surface area contributed by atoms with Gasteiger partial charge in [-0.3, -0.25) is 10.1 Å². The number of aliphatic hydroxyl groups excluding tert-OH is 2. The molecule has 0 radical (unpaired) electrons. The Hall–Kier alpha value is -2.63. The first kappa shape index (κ1) is 26.4. The van der Waals surface area contributed by atoms with Crippen LogP contribution < -0.4 is 10.2 Å². The number of halogens is 1. The molecule has 2 saturated heterocycles. The summed E-state index contributed by atoms with van der Waals surface area (Å²) in [6.07, 6.45) is -0.752. The lowest BCUT2D eigenvalue weighted by atomic mass is 9.87. The molecule has 0 spiro atoms. The zero-order chi connectivity index (χ0) is 26.4. The van der Waals surface area contributed by atoms with Crippen LogP contribution in [0.5, 0.6) is 5.75 Å². The molecule has 36 heavy (non-hydrogen) atoms. The van der Waals surface area contributed by atoms with Gasteiger partial charge in [-0.2, -0.15) is 0 Å². The number of anilines is 1. The number of nitrogens with zero attached hydrogens (tertiary/aromatic N) is 1. The van der Waals surface area contributed by atoms with Gasteiger partial charge in [0, 0.05) is 19.4 Å². The number of aliphatic hydroxyl groups is 3. The minimum absolute atomic E-state index is 0.0173. The van der Waals surface area contributed by atoms with Crippen molar-refractivity contribution in [3.63, 3.8) is 0 Å². The number of nitrogens with one attached hydrogen (secondary N) is 1. The highest BCUT2D eigenvalue weighted by atomic mass is 35.5. The Bertz CT molecular complexity index is 1110. The number of aromatic hydroxyl groups is 1. The largest absolute Gasteiger partial charge is 0.506 e. The van der Waals surface area contributed by atoms with Crippen molar-refractivity contribution in [2.45, 2.75) is 69.4 Å². The van der Waals surface area contributed by atoms with E-state index in [0.717, 1.165) is 5.57 Å². The van der Waals surface area contributed by atoms with Gasteiger partial charge in [-0.25, -0.2) is 4.79 Å². The average Bonchev–Trinajstić information content (AvgIpc) is 3.60. The van der Waals surface area contributed by atoms with E-state index in [-0.39, 0.29) is 23.6 Å². The number of phenolic OH excluding ortho intramolecular Hbond substituents is 1. The van der Waals surface area contributed by atoms with Gasteiger partial charge in [-0.05, 0) is 31.0 Å². The second-order valence-corrected chi connectivity index (χ2v) is 10.2. The summed E-state index contributed by atoms with van der Waals surface area (Å²) in [5.41, 5.74) is -0.129. The number of amides is 2. The highest BCUT2D eigenvalue weighted by Gasteiger charge is 2.54. The normalized spacial score (nSPS) is 37.8. The van der Waals surface area contributed by atoms with Gasteiger partial charge in [-0.15, -0.1) is 0 Å². The van der Waals surface area contributed by atoms with Crippen LogP contribution in [0.4, 0.5) is 10.5 Å². The lowest BCUT2D eigenvalue weighted by Gasteiger charge is -2.40. The number of hydrogen-bond acceptors (Lipinski definition) is 8. The van der Waals surface area contributed by atoms with Gasteiger partial charge in [0.15, 0.2) is 5.72 Å². The Morgan fingerprint density at radius 2 is 1.94 bits per heavy atom. The number of epoxide rings is 1. The first-order chi connectivity index (χ1) is 16.9. The second-order valence-electron chi connectivity index (χ2n) is 9.81. The fraction of sp³-hybridized carbons (Fsp3) is 0.520. The van der Waals surface area contributed by atoms with Gasteiger partial charge in [0.25, 0.3) is 0 Å². The summed E-state index contributed by atoms with van der Waals surface area (Å²) in [7, 11) is 1.51. The molecule has 3 aliphatic rings. The summed E-state index contributed by atoms with van der Waals surface area (Å²) in [5, 5.41) is 45.0.